The number of aliphatic hydroxyl groups excluding tert-OH is 1. The lowest BCUT2D eigenvalue weighted by Crippen LogP contribution is -2.53. The Morgan fingerprint density at radius 3 is 2.47 bits per heavy atom. The van der Waals surface area contributed by atoms with E-state index in [4.69, 9.17) is 4.74 Å². The molecule has 0 aliphatic carbocycles. The summed E-state index contributed by atoms with van der Waals surface area (Å²) in [6.07, 6.45) is 1.35. The SMILES string of the molecule is O=C1[C@H](N(C[C@@H](O)COc2ccccc2F)C2CCNCC2)CCN1c1ccccc1F. The van der Waals surface area contributed by atoms with Crippen molar-refractivity contribution in [1.29, 1.82) is 0 Å². The third kappa shape index (κ3) is 5.09. The predicted octanol–water partition coefficient (Wildman–Crippen LogP) is 2.56. The van der Waals surface area contributed by atoms with Crippen molar-refractivity contribution in [3.63, 3.8) is 0 Å². The highest BCUT2D eigenvalue weighted by Gasteiger charge is 2.41. The van der Waals surface area contributed by atoms with E-state index >= 15 is 0 Å². The molecule has 0 spiro atoms. The lowest BCUT2D eigenvalue weighted by molar-refractivity contribution is -0.123. The van der Waals surface area contributed by atoms with Crippen LogP contribution in [0.15, 0.2) is 48.5 Å². The largest absolute Gasteiger partial charge is 0.488 e. The summed E-state index contributed by atoms with van der Waals surface area (Å²) in [6, 6.07) is 12.0. The number of ether oxygens (including phenoxy) is 1. The normalized spacial score (nSPS) is 20.7. The van der Waals surface area contributed by atoms with Crippen LogP contribution in [-0.4, -0.2) is 66.9 Å². The number of benzene rings is 2. The second-order valence-corrected chi connectivity index (χ2v) is 8.32. The Morgan fingerprint density at radius 2 is 1.75 bits per heavy atom. The number of carbonyl (C=O) groups excluding carboxylic acids is 1. The molecule has 8 heteroatoms. The number of carbonyl (C=O) groups is 1. The van der Waals surface area contributed by atoms with E-state index in [0.29, 0.717) is 13.0 Å². The van der Waals surface area contributed by atoms with Gasteiger partial charge in [-0.15, -0.1) is 0 Å². The van der Waals surface area contributed by atoms with Crippen molar-refractivity contribution >= 4 is 11.6 Å². The van der Waals surface area contributed by atoms with Gasteiger partial charge < -0.3 is 20.1 Å². The fourth-order valence-corrected chi connectivity index (χ4v) is 4.60. The van der Waals surface area contributed by atoms with E-state index in [2.05, 4.69) is 5.32 Å². The standard InChI is InChI=1S/C24H29F2N3O3/c25-19-5-1-3-7-21(19)28-14-11-22(24(28)31)29(17-9-12-27-13-10-17)15-18(30)16-32-23-8-4-2-6-20(23)26/h1-8,17-18,22,27,30H,9-16H2/t18-,22-/m1/s1. The summed E-state index contributed by atoms with van der Waals surface area (Å²) in [5.41, 5.74) is 0.286. The first-order valence-corrected chi connectivity index (χ1v) is 11.1. The van der Waals surface area contributed by atoms with Gasteiger partial charge in [0, 0.05) is 19.1 Å². The highest BCUT2D eigenvalue weighted by Crippen LogP contribution is 2.29. The van der Waals surface area contributed by atoms with Crippen LogP contribution >= 0.6 is 0 Å². The molecule has 0 aromatic heterocycles. The predicted molar refractivity (Wildman–Crippen MR) is 118 cm³/mol. The number of rotatable bonds is 8. The van der Waals surface area contributed by atoms with E-state index in [-0.39, 0.29) is 36.5 Å². The monoisotopic (exact) mass is 445 g/mol. The molecule has 2 aliphatic heterocycles. The number of amides is 1. The van der Waals surface area contributed by atoms with Crippen LogP contribution < -0.4 is 15.0 Å². The second-order valence-electron chi connectivity index (χ2n) is 8.32. The van der Waals surface area contributed by atoms with Gasteiger partial charge >= 0.3 is 0 Å². The van der Waals surface area contributed by atoms with Crippen LogP contribution in [0.1, 0.15) is 19.3 Å². The Morgan fingerprint density at radius 1 is 1.06 bits per heavy atom. The molecule has 4 rings (SSSR count). The van der Waals surface area contributed by atoms with Crippen LogP contribution in [0, 0.1) is 11.6 Å². The van der Waals surface area contributed by atoms with Gasteiger partial charge in [0.25, 0.3) is 0 Å². The van der Waals surface area contributed by atoms with Gasteiger partial charge in [-0.2, -0.15) is 0 Å². The van der Waals surface area contributed by atoms with Crippen molar-refractivity contribution in [2.24, 2.45) is 0 Å². The highest BCUT2D eigenvalue weighted by molar-refractivity contribution is 5.99. The number of halogens is 2. The minimum absolute atomic E-state index is 0.0830. The maximum Gasteiger partial charge on any atom is 0.244 e. The molecule has 2 fully saturated rings. The molecule has 6 nitrogen and oxygen atoms in total. The molecular formula is C24H29F2N3O3. The van der Waals surface area contributed by atoms with Crippen LogP contribution in [0.3, 0.4) is 0 Å². The van der Waals surface area contributed by atoms with E-state index in [1.165, 1.54) is 23.1 Å². The topological polar surface area (TPSA) is 65.0 Å². The van der Waals surface area contributed by atoms with Crippen molar-refractivity contribution in [1.82, 2.24) is 10.2 Å². The van der Waals surface area contributed by atoms with Crippen LogP contribution in [-0.2, 0) is 4.79 Å². The Balaban J connectivity index is 1.46. The van der Waals surface area contributed by atoms with Gasteiger partial charge in [0.1, 0.15) is 18.5 Å². The number of para-hydroxylation sites is 2. The number of piperidine rings is 1. The van der Waals surface area contributed by atoms with E-state index < -0.39 is 23.8 Å². The molecule has 2 heterocycles. The van der Waals surface area contributed by atoms with Crippen molar-refractivity contribution in [2.75, 3.05) is 37.7 Å². The zero-order valence-corrected chi connectivity index (χ0v) is 17.9. The summed E-state index contributed by atoms with van der Waals surface area (Å²) in [7, 11) is 0. The molecule has 0 bridgehead atoms. The summed E-state index contributed by atoms with van der Waals surface area (Å²) < 4.78 is 33.6. The van der Waals surface area contributed by atoms with Gasteiger partial charge in [0.05, 0.1) is 11.7 Å². The molecule has 2 aliphatic rings. The second kappa shape index (κ2) is 10.4. The lowest BCUT2D eigenvalue weighted by Gasteiger charge is -2.39. The quantitative estimate of drug-likeness (QED) is 0.654. The molecule has 2 atom stereocenters. The smallest absolute Gasteiger partial charge is 0.244 e. The molecule has 2 aromatic rings. The molecule has 0 unspecified atom stereocenters. The Kier molecular flexibility index (Phi) is 7.34. The minimum atomic E-state index is -0.903. The summed E-state index contributed by atoms with van der Waals surface area (Å²) in [5, 5.41) is 14.0. The number of nitrogens with one attached hydrogen (secondary N) is 1. The molecule has 32 heavy (non-hydrogen) atoms. The van der Waals surface area contributed by atoms with Crippen molar-refractivity contribution in [2.45, 2.75) is 37.5 Å². The lowest BCUT2D eigenvalue weighted by atomic mass is 10.0. The fourth-order valence-electron chi connectivity index (χ4n) is 4.60. The molecular weight excluding hydrogens is 416 g/mol. The average Bonchev–Trinajstić information content (AvgIpc) is 3.18. The van der Waals surface area contributed by atoms with E-state index in [0.717, 1.165) is 25.9 Å². The Hall–Kier alpha value is -2.55. The van der Waals surface area contributed by atoms with E-state index in [1.54, 1.807) is 30.3 Å². The highest BCUT2D eigenvalue weighted by atomic mass is 19.1. The number of aliphatic hydroxyl groups is 1. The van der Waals surface area contributed by atoms with Crippen molar-refractivity contribution in [3.05, 3.63) is 60.2 Å². The van der Waals surface area contributed by atoms with Gasteiger partial charge in [0.15, 0.2) is 11.6 Å². The van der Waals surface area contributed by atoms with Gasteiger partial charge in [-0.1, -0.05) is 24.3 Å². The molecule has 1 amide bonds. The van der Waals surface area contributed by atoms with Gasteiger partial charge in [0.2, 0.25) is 5.91 Å². The van der Waals surface area contributed by atoms with Gasteiger partial charge in [-0.25, -0.2) is 8.78 Å². The van der Waals surface area contributed by atoms with Gasteiger partial charge in [-0.05, 0) is 56.6 Å². The van der Waals surface area contributed by atoms with Gasteiger partial charge in [-0.3, -0.25) is 9.69 Å². The molecule has 2 N–H and O–H groups in total. The first kappa shape index (κ1) is 22.6. The summed E-state index contributed by atoms with van der Waals surface area (Å²) in [4.78, 5) is 16.8. The Bertz CT molecular complexity index is 923. The zero-order chi connectivity index (χ0) is 22.5. The number of hydrogen-bond donors (Lipinski definition) is 2. The summed E-state index contributed by atoms with van der Waals surface area (Å²) in [5.74, 6) is -0.979. The minimum Gasteiger partial charge on any atom is -0.488 e. The third-order valence-corrected chi connectivity index (χ3v) is 6.19. The molecule has 2 saturated heterocycles. The summed E-state index contributed by atoms with van der Waals surface area (Å²) >= 11 is 0. The molecule has 0 saturated carbocycles. The zero-order valence-electron chi connectivity index (χ0n) is 17.9. The molecule has 0 radical (unpaired) electrons. The van der Waals surface area contributed by atoms with E-state index in [1.807, 2.05) is 4.90 Å². The van der Waals surface area contributed by atoms with E-state index in [9.17, 15) is 18.7 Å². The number of anilines is 1. The third-order valence-electron chi connectivity index (χ3n) is 6.19. The Labute approximate surface area is 186 Å². The van der Waals surface area contributed by atoms with Crippen molar-refractivity contribution in [3.8, 4) is 5.75 Å². The van der Waals surface area contributed by atoms with Crippen LogP contribution in [0.4, 0.5) is 14.5 Å². The molecule has 172 valence electrons. The first-order chi connectivity index (χ1) is 15.5. The maximum absolute atomic E-state index is 14.3. The number of nitrogens with zero attached hydrogens (tertiary/aromatic N) is 2. The number of hydrogen-bond acceptors (Lipinski definition) is 5. The van der Waals surface area contributed by atoms with Crippen molar-refractivity contribution < 1.29 is 23.4 Å². The van der Waals surface area contributed by atoms with Crippen LogP contribution in [0.2, 0.25) is 0 Å². The maximum atomic E-state index is 14.3. The first-order valence-electron chi connectivity index (χ1n) is 11.1. The average molecular weight is 446 g/mol. The summed E-state index contributed by atoms with van der Waals surface area (Å²) in [6.45, 7) is 2.23. The molecule has 2 aromatic carbocycles. The fraction of sp³-hybridized carbons (Fsp3) is 0.458. The van der Waals surface area contributed by atoms with Crippen LogP contribution in [0.5, 0.6) is 5.75 Å². The van der Waals surface area contributed by atoms with Crippen LogP contribution in [0.25, 0.3) is 0 Å².